The Labute approximate surface area is 404 Å². The average Bonchev–Trinajstić information content (AvgIpc) is 3.36. The number of nitrogens with one attached hydrogen (secondary N) is 2. The maximum absolute atomic E-state index is 15.5. The van der Waals surface area contributed by atoms with Crippen LogP contribution >= 0.6 is 0 Å². The van der Waals surface area contributed by atoms with Gasteiger partial charge in [-0.3, -0.25) is 19.2 Å². The molecule has 2 N–H and O–H groups in total. The number of ether oxygens (including phenoxy) is 2. The molecule has 0 aliphatic heterocycles. The molecule has 10 heteroatoms. The molecule has 0 unspecified atom stereocenters. The summed E-state index contributed by atoms with van der Waals surface area (Å²) in [6, 6.07) is 32.6. The van der Waals surface area contributed by atoms with E-state index in [4.69, 9.17) is 9.47 Å². The molecule has 1 aliphatic carbocycles. The van der Waals surface area contributed by atoms with Gasteiger partial charge >= 0.3 is 11.9 Å². The van der Waals surface area contributed by atoms with Crippen LogP contribution in [0.4, 0.5) is 11.4 Å². The number of hydrogen-bond donors (Lipinski definition) is 2. The van der Waals surface area contributed by atoms with Gasteiger partial charge in [-0.15, -0.1) is 0 Å². The fourth-order valence-corrected chi connectivity index (χ4v) is 8.45. The molecule has 7 rings (SSSR count). The lowest BCUT2D eigenvalue weighted by Gasteiger charge is -2.27. The van der Waals surface area contributed by atoms with Crippen LogP contribution in [0.5, 0.6) is 11.5 Å². The summed E-state index contributed by atoms with van der Waals surface area (Å²) in [4.78, 5) is 86.8. The molecule has 0 saturated carbocycles. The van der Waals surface area contributed by atoms with Crippen molar-refractivity contribution in [1.29, 1.82) is 0 Å². The zero-order valence-corrected chi connectivity index (χ0v) is 40.2. The molecule has 69 heavy (non-hydrogen) atoms. The van der Waals surface area contributed by atoms with Gasteiger partial charge in [0.05, 0.1) is 44.8 Å². The van der Waals surface area contributed by atoms with E-state index in [2.05, 4.69) is 38.3 Å². The number of fused-ring (bicyclic) bond motifs is 2. The van der Waals surface area contributed by atoms with E-state index in [0.717, 1.165) is 99.3 Å². The quantitative estimate of drug-likeness (QED) is 0.0568. The molecular weight excluding hydrogens is 865 g/mol. The summed E-state index contributed by atoms with van der Waals surface area (Å²) in [5, 5.41) is 5.72. The zero-order chi connectivity index (χ0) is 49.0. The van der Waals surface area contributed by atoms with Gasteiger partial charge in [-0.2, -0.15) is 0 Å². The van der Waals surface area contributed by atoms with E-state index in [1.807, 2.05) is 48.5 Å². The second-order valence-electron chi connectivity index (χ2n) is 17.7. The van der Waals surface area contributed by atoms with E-state index in [9.17, 15) is 19.2 Å². The summed E-state index contributed by atoms with van der Waals surface area (Å²) < 4.78 is 12.1. The third kappa shape index (κ3) is 11.6. The topological polar surface area (TPSA) is 145 Å². The lowest BCUT2D eigenvalue weighted by Crippen LogP contribution is -2.29. The highest BCUT2D eigenvalue weighted by Crippen LogP contribution is 2.45. The lowest BCUT2D eigenvalue weighted by atomic mass is 9.80. The van der Waals surface area contributed by atoms with E-state index < -0.39 is 35.3 Å². The first-order valence-corrected chi connectivity index (χ1v) is 24.3. The van der Waals surface area contributed by atoms with E-state index in [-0.39, 0.29) is 61.8 Å². The van der Waals surface area contributed by atoms with Gasteiger partial charge in [0.2, 0.25) is 5.78 Å². The molecule has 1 aliphatic rings. The molecule has 0 heterocycles. The second kappa shape index (κ2) is 23.0. The Morgan fingerprint density at radius 2 is 0.783 bits per heavy atom. The molecule has 0 saturated heterocycles. The first kappa shape index (κ1) is 49.4. The number of hydrogen-bond acceptors (Lipinski definition) is 8. The summed E-state index contributed by atoms with van der Waals surface area (Å²) in [5.41, 5.74) is 4.38. The van der Waals surface area contributed by atoms with Gasteiger partial charge in [0.1, 0.15) is 11.5 Å². The minimum atomic E-state index is -0.828. The maximum atomic E-state index is 15.5. The normalized spacial score (nSPS) is 11.7. The minimum absolute atomic E-state index is 0.0165. The Kier molecular flexibility index (Phi) is 16.5. The molecule has 6 aromatic carbocycles. The van der Waals surface area contributed by atoms with Crippen molar-refractivity contribution in [2.75, 3.05) is 10.6 Å². The largest absolute Gasteiger partial charge is 0.422 e. The predicted molar refractivity (Wildman–Crippen MR) is 271 cm³/mol. The van der Waals surface area contributed by atoms with Gasteiger partial charge < -0.3 is 20.1 Å². The SMILES string of the molecule is CCCCc1ccc(C(=O)Nc2ccc(OC(=O)c3ccc(CCCC)cc3)c3c2C(=O)c2c(NC(=O)c4ccc(CCCC)cc4)cc(C)c(OC(=O)c4ccc(CCCC)cc4)c2C3=O)cc1. The Balaban J connectivity index is 1.34. The van der Waals surface area contributed by atoms with E-state index in [1.54, 1.807) is 55.5 Å². The number of rotatable bonds is 20. The Morgan fingerprint density at radius 1 is 0.420 bits per heavy atom. The molecular formula is C59H60N2O8. The van der Waals surface area contributed by atoms with Crippen molar-refractivity contribution < 1.29 is 38.2 Å². The van der Waals surface area contributed by atoms with Crippen molar-refractivity contribution in [1.82, 2.24) is 0 Å². The number of ketones is 2. The molecule has 0 radical (unpaired) electrons. The Bertz CT molecular complexity index is 2860. The molecule has 0 fully saturated rings. The Morgan fingerprint density at radius 3 is 1.20 bits per heavy atom. The fraction of sp³-hybridized carbons (Fsp3) is 0.288. The molecule has 6 aromatic rings. The number of anilines is 2. The third-order valence-corrected chi connectivity index (χ3v) is 12.5. The van der Waals surface area contributed by atoms with E-state index in [0.29, 0.717) is 11.1 Å². The van der Waals surface area contributed by atoms with Crippen LogP contribution in [0.1, 0.15) is 180 Å². The molecule has 2 amide bonds. The number of unbranched alkanes of at least 4 members (excludes halogenated alkanes) is 4. The molecule has 0 spiro atoms. The smallest absolute Gasteiger partial charge is 0.343 e. The number of aryl methyl sites for hydroxylation is 5. The van der Waals surface area contributed by atoms with Crippen molar-refractivity contribution >= 4 is 46.7 Å². The second-order valence-corrected chi connectivity index (χ2v) is 17.7. The maximum Gasteiger partial charge on any atom is 0.343 e. The molecule has 10 nitrogen and oxygen atoms in total. The van der Waals surface area contributed by atoms with Gasteiger partial charge in [0.15, 0.2) is 5.78 Å². The van der Waals surface area contributed by atoms with Gasteiger partial charge in [0.25, 0.3) is 11.8 Å². The summed E-state index contributed by atoms with van der Waals surface area (Å²) in [5.74, 6) is -4.71. The lowest BCUT2D eigenvalue weighted by molar-refractivity contribution is 0.0725. The summed E-state index contributed by atoms with van der Waals surface area (Å²) in [7, 11) is 0. The van der Waals surface area contributed by atoms with Crippen LogP contribution in [-0.4, -0.2) is 35.3 Å². The molecule has 354 valence electrons. The van der Waals surface area contributed by atoms with Crippen LogP contribution in [0.15, 0.2) is 115 Å². The average molecular weight is 925 g/mol. The van der Waals surface area contributed by atoms with E-state index in [1.165, 1.54) is 18.2 Å². The van der Waals surface area contributed by atoms with Crippen molar-refractivity contribution in [2.24, 2.45) is 0 Å². The number of carbonyl (C=O) groups is 6. The van der Waals surface area contributed by atoms with Crippen LogP contribution in [0, 0.1) is 6.92 Å². The van der Waals surface area contributed by atoms with Crippen LogP contribution in [-0.2, 0) is 25.7 Å². The van der Waals surface area contributed by atoms with Crippen LogP contribution < -0.4 is 20.1 Å². The summed E-state index contributed by atoms with van der Waals surface area (Å²) in [6.45, 7) is 10.0. The molecule has 0 bridgehead atoms. The number of carbonyl (C=O) groups excluding carboxylic acids is 6. The molecule has 0 aromatic heterocycles. The van der Waals surface area contributed by atoms with Gasteiger partial charge in [0, 0.05) is 11.1 Å². The van der Waals surface area contributed by atoms with Crippen molar-refractivity contribution in [3.05, 3.63) is 188 Å². The minimum Gasteiger partial charge on any atom is -0.422 e. The first-order chi connectivity index (χ1) is 33.4. The van der Waals surface area contributed by atoms with Gasteiger partial charge in [-0.25, -0.2) is 9.59 Å². The highest BCUT2D eigenvalue weighted by molar-refractivity contribution is 6.35. The summed E-state index contributed by atoms with van der Waals surface area (Å²) >= 11 is 0. The van der Waals surface area contributed by atoms with Crippen molar-refractivity contribution in [2.45, 2.75) is 112 Å². The first-order valence-electron chi connectivity index (χ1n) is 24.3. The standard InChI is InChI=1S/C59H60N2O8/c1-6-10-14-38-18-26-42(27-19-38)56(64)60-46-34-35-48(68-58(66)44-30-22-40(23-31-44)16-12-8-3)51-49(46)53(62)50-47(61-57(65)43-28-20-39(21-29-43)15-11-7-2)36-37(5)55(52(50)54(51)63)69-59(67)45-32-24-41(25-33-45)17-13-9-4/h18-36H,6-17H2,1-5H3,(H,60,64)(H,61,65). The number of amides is 2. The van der Waals surface area contributed by atoms with Crippen LogP contribution in [0.25, 0.3) is 0 Å². The highest BCUT2D eigenvalue weighted by Gasteiger charge is 2.41. The highest BCUT2D eigenvalue weighted by atomic mass is 16.5. The zero-order valence-electron chi connectivity index (χ0n) is 40.2. The van der Waals surface area contributed by atoms with Crippen LogP contribution in [0.2, 0.25) is 0 Å². The van der Waals surface area contributed by atoms with Crippen molar-refractivity contribution in [3.63, 3.8) is 0 Å². The summed E-state index contributed by atoms with van der Waals surface area (Å²) in [6.07, 6.45) is 11.4. The number of esters is 2. The molecule has 0 atom stereocenters. The Hall–Kier alpha value is -7.46. The third-order valence-electron chi connectivity index (χ3n) is 12.5. The van der Waals surface area contributed by atoms with Gasteiger partial charge in [-0.05, 0) is 153 Å². The van der Waals surface area contributed by atoms with Crippen LogP contribution in [0.3, 0.4) is 0 Å². The van der Waals surface area contributed by atoms with Crippen molar-refractivity contribution in [3.8, 4) is 11.5 Å². The van der Waals surface area contributed by atoms with E-state index >= 15 is 9.59 Å². The van der Waals surface area contributed by atoms with Gasteiger partial charge in [-0.1, -0.05) is 102 Å². The number of benzene rings is 6. The monoisotopic (exact) mass is 924 g/mol. The fourth-order valence-electron chi connectivity index (χ4n) is 8.45. The predicted octanol–water partition coefficient (Wildman–Crippen LogP) is 13.1.